The van der Waals surface area contributed by atoms with Crippen LogP contribution in [-0.4, -0.2) is 11.7 Å². The number of hydrogen-bond donors (Lipinski definition) is 1. The SMILES string of the molecule is CC1(C)C(=O)C2(C(=O)Nc3ccc(Br)cc3)CCC1C2. The predicted molar refractivity (Wildman–Crippen MR) is 81.3 cm³/mol. The second kappa shape index (κ2) is 4.42. The highest BCUT2D eigenvalue weighted by Crippen LogP contribution is 2.60. The molecule has 0 radical (unpaired) electrons. The second-order valence-corrected chi connectivity index (χ2v) is 7.45. The first-order valence-corrected chi connectivity index (χ1v) is 7.77. The molecule has 3 nitrogen and oxygen atoms in total. The summed E-state index contributed by atoms with van der Waals surface area (Å²) in [4.78, 5) is 25.3. The number of ketones is 1. The summed E-state index contributed by atoms with van der Waals surface area (Å²) in [5.41, 5.74) is -0.398. The van der Waals surface area contributed by atoms with Gasteiger partial charge in [-0.1, -0.05) is 29.8 Å². The van der Waals surface area contributed by atoms with E-state index in [1.54, 1.807) is 0 Å². The molecule has 0 aliphatic heterocycles. The lowest BCUT2D eigenvalue weighted by Crippen LogP contribution is -2.44. The van der Waals surface area contributed by atoms with Crippen LogP contribution in [0.2, 0.25) is 0 Å². The van der Waals surface area contributed by atoms with E-state index in [0.717, 1.165) is 16.6 Å². The number of carbonyl (C=O) groups is 2. The monoisotopic (exact) mass is 335 g/mol. The summed E-state index contributed by atoms with van der Waals surface area (Å²) >= 11 is 3.37. The maximum Gasteiger partial charge on any atom is 0.238 e. The van der Waals surface area contributed by atoms with Gasteiger partial charge in [0, 0.05) is 15.6 Å². The number of anilines is 1. The van der Waals surface area contributed by atoms with E-state index in [9.17, 15) is 9.59 Å². The molecule has 20 heavy (non-hydrogen) atoms. The fourth-order valence-corrected chi connectivity index (χ4v) is 4.03. The highest BCUT2D eigenvalue weighted by molar-refractivity contribution is 9.10. The van der Waals surface area contributed by atoms with Gasteiger partial charge in [0.25, 0.3) is 0 Å². The van der Waals surface area contributed by atoms with Crippen LogP contribution in [0.4, 0.5) is 5.69 Å². The van der Waals surface area contributed by atoms with E-state index >= 15 is 0 Å². The van der Waals surface area contributed by atoms with Crippen LogP contribution in [0, 0.1) is 16.7 Å². The normalized spacial score (nSPS) is 30.6. The standard InChI is InChI=1S/C16H18BrNO2/c1-15(2)10-7-8-16(9-10,13(15)19)14(20)18-12-5-3-11(17)4-6-12/h3-6,10H,7-9H2,1-2H3,(H,18,20). The molecular weight excluding hydrogens is 318 g/mol. The molecule has 2 fully saturated rings. The van der Waals surface area contributed by atoms with Crippen LogP contribution < -0.4 is 5.32 Å². The van der Waals surface area contributed by atoms with Crippen molar-refractivity contribution in [1.82, 2.24) is 0 Å². The Morgan fingerprint density at radius 3 is 2.50 bits per heavy atom. The summed E-state index contributed by atoms with van der Waals surface area (Å²) in [5, 5.41) is 2.92. The van der Waals surface area contributed by atoms with Crippen LogP contribution in [0.3, 0.4) is 0 Å². The zero-order valence-corrected chi connectivity index (χ0v) is 13.3. The van der Waals surface area contributed by atoms with Crippen molar-refractivity contribution in [2.24, 2.45) is 16.7 Å². The third-order valence-electron chi connectivity index (χ3n) is 5.09. The van der Waals surface area contributed by atoms with Crippen LogP contribution in [0.25, 0.3) is 0 Å². The minimum Gasteiger partial charge on any atom is -0.325 e. The Hall–Kier alpha value is -1.16. The van der Waals surface area contributed by atoms with Crippen LogP contribution >= 0.6 is 15.9 Å². The molecule has 1 aromatic carbocycles. The summed E-state index contributed by atoms with van der Waals surface area (Å²) in [5.74, 6) is 0.347. The lowest BCUT2D eigenvalue weighted by Gasteiger charge is -2.32. The Labute approximate surface area is 127 Å². The van der Waals surface area contributed by atoms with Gasteiger partial charge in [-0.05, 0) is 49.4 Å². The topological polar surface area (TPSA) is 46.2 Å². The molecule has 106 valence electrons. The predicted octanol–water partition coefficient (Wildman–Crippen LogP) is 3.78. The number of halogens is 1. The average molecular weight is 336 g/mol. The number of fused-ring (bicyclic) bond motifs is 2. The van der Waals surface area contributed by atoms with Gasteiger partial charge in [0.2, 0.25) is 5.91 Å². The number of benzene rings is 1. The van der Waals surface area contributed by atoms with Crippen molar-refractivity contribution in [3.8, 4) is 0 Å². The van der Waals surface area contributed by atoms with Gasteiger partial charge in [-0.2, -0.15) is 0 Å². The Bertz CT molecular complexity index is 579. The first kappa shape index (κ1) is 13.8. The molecule has 3 rings (SSSR count). The third kappa shape index (κ3) is 1.85. The number of Topliss-reactive ketones (excluding diaryl/α,β-unsaturated/α-hetero) is 1. The molecule has 0 saturated heterocycles. The maximum absolute atomic E-state index is 12.6. The quantitative estimate of drug-likeness (QED) is 0.836. The van der Waals surface area contributed by atoms with Crippen LogP contribution in [-0.2, 0) is 9.59 Å². The van der Waals surface area contributed by atoms with E-state index < -0.39 is 5.41 Å². The van der Waals surface area contributed by atoms with Gasteiger partial charge in [0.05, 0.1) is 0 Å². The molecule has 0 heterocycles. The average Bonchev–Trinajstić information content (AvgIpc) is 2.93. The van der Waals surface area contributed by atoms with E-state index in [4.69, 9.17) is 0 Å². The molecule has 2 saturated carbocycles. The molecule has 2 aliphatic carbocycles. The van der Waals surface area contributed by atoms with Crippen molar-refractivity contribution in [2.45, 2.75) is 33.1 Å². The molecule has 2 aliphatic rings. The fourth-order valence-electron chi connectivity index (χ4n) is 3.76. The van der Waals surface area contributed by atoms with E-state index in [1.807, 2.05) is 38.1 Å². The summed E-state index contributed by atoms with van der Waals surface area (Å²) < 4.78 is 0.965. The van der Waals surface area contributed by atoms with Gasteiger partial charge >= 0.3 is 0 Å². The van der Waals surface area contributed by atoms with Crippen LogP contribution in [0.5, 0.6) is 0 Å². The minimum atomic E-state index is -0.790. The smallest absolute Gasteiger partial charge is 0.238 e. The summed E-state index contributed by atoms with van der Waals surface area (Å²) in [6.45, 7) is 3.96. The van der Waals surface area contributed by atoms with Crippen molar-refractivity contribution in [3.05, 3.63) is 28.7 Å². The highest BCUT2D eigenvalue weighted by atomic mass is 79.9. The Kier molecular flexibility index (Phi) is 3.05. The molecule has 1 amide bonds. The van der Waals surface area contributed by atoms with E-state index in [0.29, 0.717) is 18.8 Å². The lowest BCUT2D eigenvalue weighted by atomic mass is 9.70. The number of hydrogen-bond acceptors (Lipinski definition) is 2. The molecule has 1 N–H and O–H groups in total. The maximum atomic E-state index is 12.6. The van der Waals surface area contributed by atoms with E-state index in [1.165, 1.54) is 0 Å². The molecule has 4 heteroatoms. The van der Waals surface area contributed by atoms with Gasteiger partial charge < -0.3 is 5.32 Å². The molecule has 2 bridgehead atoms. The first-order valence-electron chi connectivity index (χ1n) is 6.98. The minimum absolute atomic E-state index is 0.121. The van der Waals surface area contributed by atoms with Crippen molar-refractivity contribution < 1.29 is 9.59 Å². The summed E-state index contributed by atoms with van der Waals surface area (Å²) in [6.07, 6.45) is 2.38. The number of carbonyl (C=O) groups excluding carboxylic acids is 2. The van der Waals surface area contributed by atoms with Gasteiger partial charge in [-0.25, -0.2) is 0 Å². The van der Waals surface area contributed by atoms with Gasteiger partial charge in [-0.15, -0.1) is 0 Å². The largest absolute Gasteiger partial charge is 0.325 e. The molecule has 0 spiro atoms. The molecule has 0 aromatic heterocycles. The van der Waals surface area contributed by atoms with Crippen molar-refractivity contribution >= 4 is 33.3 Å². The first-order chi connectivity index (χ1) is 9.36. The van der Waals surface area contributed by atoms with Crippen molar-refractivity contribution in [2.75, 3.05) is 5.32 Å². The van der Waals surface area contributed by atoms with Gasteiger partial charge in [-0.3, -0.25) is 9.59 Å². The van der Waals surface area contributed by atoms with Crippen molar-refractivity contribution in [1.29, 1.82) is 0 Å². The van der Waals surface area contributed by atoms with Crippen LogP contribution in [0.1, 0.15) is 33.1 Å². The van der Waals surface area contributed by atoms with E-state index in [2.05, 4.69) is 21.2 Å². The van der Waals surface area contributed by atoms with Gasteiger partial charge in [0.15, 0.2) is 5.78 Å². The molecule has 2 unspecified atom stereocenters. The number of rotatable bonds is 2. The Morgan fingerprint density at radius 1 is 1.30 bits per heavy atom. The van der Waals surface area contributed by atoms with Crippen LogP contribution in [0.15, 0.2) is 28.7 Å². The highest BCUT2D eigenvalue weighted by Gasteiger charge is 2.64. The molecule has 1 aromatic rings. The Morgan fingerprint density at radius 2 is 1.95 bits per heavy atom. The number of nitrogens with one attached hydrogen (secondary N) is 1. The Balaban J connectivity index is 1.84. The zero-order valence-electron chi connectivity index (χ0n) is 11.7. The molecular formula is C16H18BrNO2. The summed E-state index contributed by atoms with van der Waals surface area (Å²) in [7, 11) is 0. The van der Waals surface area contributed by atoms with Crippen molar-refractivity contribution in [3.63, 3.8) is 0 Å². The lowest BCUT2D eigenvalue weighted by molar-refractivity contribution is -0.142. The summed E-state index contributed by atoms with van der Waals surface area (Å²) in [6, 6.07) is 7.45. The third-order valence-corrected chi connectivity index (χ3v) is 5.62. The zero-order chi connectivity index (χ0) is 14.5. The molecule has 2 atom stereocenters. The number of amides is 1. The van der Waals surface area contributed by atoms with E-state index in [-0.39, 0.29) is 17.1 Å². The second-order valence-electron chi connectivity index (χ2n) is 6.53. The fraction of sp³-hybridized carbons (Fsp3) is 0.500. The van der Waals surface area contributed by atoms with Gasteiger partial charge in [0.1, 0.15) is 5.41 Å².